The molecule has 13 heteroatoms. The van der Waals surface area contributed by atoms with Gasteiger partial charge in [0.25, 0.3) is 0 Å². The van der Waals surface area contributed by atoms with Crippen molar-refractivity contribution in [3.63, 3.8) is 0 Å². The summed E-state index contributed by atoms with van der Waals surface area (Å²) in [6.07, 6.45) is -0.498. The van der Waals surface area contributed by atoms with Gasteiger partial charge in [-0.1, -0.05) is 26.0 Å². The Morgan fingerprint density at radius 3 is 1.92 bits per heavy atom. The molecule has 0 fully saturated rings. The molecule has 0 aliphatic heterocycles. The van der Waals surface area contributed by atoms with E-state index in [0.29, 0.717) is 5.56 Å². The minimum atomic E-state index is -1.35. The fraction of sp³-hybridized carbons (Fsp3) is 0.522. The van der Waals surface area contributed by atoms with Gasteiger partial charge >= 0.3 is 11.9 Å². The van der Waals surface area contributed by atoms with Gasteiger partial charge in [-0.2, -0.15) is 12.6 Å². The van der Waals surface area contributed by atoms with E-state index in [1.807, 2.05) is 0 Å². The van der Waals surface area contributed by atoms with E-state index in [2.05, 4.69) is 28.6 Å². The van der Waals surface area contributed by atoms with Gasteiger partial charge in [0, 0.05) is 12.2 Å². The van der Waals surface area contributed by atoms with Crippen LogP contribution in [-0.2, 0) is 30.4 Å². The van der Waals surface area contributed by atoms with E-state index in [0.717, 1.165) is 0 Å². The van der Waals surface area contributed by atoms with Gasteiger partial charge in [-0.3, -0.25) is 19.2 Å². The Labute approximate surface area is 214 Å². The van der Waals surface area contributed by atoms with Gasteiger partial charge in [-0.25, -0.2) is 4.79 Å². The molecule has 0 spiro atoms. The molecular weight excluding hydrogens is 492 g/mol. The molecule has 200 valence electrons. The molecule has 8 N–H and O–H groups in total. The summed E-state index contributed by atoms with van der Waals surface area (Å²) in [5.41, 5.74) is 6.61. The van der Waals surface area contributed by atoms with Gasteiger partial charge < -0.3 is 37.0 Å². The first-order chi connectivity index (χ1) is 16.8. The van der Waals surface area contributed by atoms with Gasteiger partial charge in [0.05, 0.1) is 6.04 Å². The van der Waals surface area contributed by atoms with Crippen LogP contribution in [0.3, 0.4) is 0 Å². The normalized spacial score (nSPS) is 14.2. The number of hydrogen-bond acceptors (Lipinski definition) is 8. The molecular formula is C23H34N4O8S. The third kappa shape index (κ3) is 11.0. The van der Waals surface area contributed by atoms with Crippen molar-refractivity contribution in [2.45, 2.75) is 63.7 Å². The molecule has 4 atom stereocenters. The van der Waals surface area contributed by atoms with E-state index in [4.69, 9.17) is 10.8 Å². The number of carbonyl (C=O) groups is 5. The summed E-state index contributed by atoms with van der Waals surface area (Å²) in [6.45, 7) is 3.55. The summed E-state index contributed by atoms with van der Waals surface area (Å²) in [6, 6.07) is 1.29. The van der Waals surface area contributed by atoms with Crippen molar-refractivity contribution < 1.29 is 39.3 Å². The number of amides is 3. The van der Waals surface area contributed by atoms with Crippen LogP contribution in [0, 0.1) is 5.92 Å². The first kappa shape index (κ1) is 30.7. The predicted octanol–water partition coefficient (Wildman–Crippen LogP) is -0.358. The molecule has 0 bridgehead atoms. The van der Waals surface area contributed by atoms with Crippen molar-refractivity contribution >= 4 is 42.3 Å². The number of rotatable bonds is 15. The van der Waals surface area contributed by atoms with E-state index < -0.39 is 60.2 Å². The smallest absolute Gasteiger partial charge is 0.326 e. The van der Waals surface area contributed by atoms with Crippen LogP contribution in [0.1, 0.15) is 38.7 Å². The number of thiol groups is 1. The molecule has 36 heavy (non-hydrogen) atoms. The van der Waals surface area contributed by atoms with Crippen molar-refractivity contribution in [3.8, 4) is 5.75 Å². The zero-order chi connectivity index (χ0) is 27.4. The summed E-state index contributed by atoms with van der Waals surface area (Å²) < 4.78 is 0. The van der Waals surface area contributed by atoms with Gasteiger partial charge in [-0.15, -0.1) is 0 Å². The lowest BCUT2D eigenvalue weighted by Crippen LogP contribution is -2.58. The number of hydrogen-bond donors (Lipinski definition) is 8. The predicted molar refractivity (Wildman–Crippen MR) is 133 cm³/mol. The van der Waals surface area contributed by atoms with Crippen LogP contribution in [0.15, 0.2) is 24.3 Å². The van der Waals surface area contributed by atoms with Crippen LogP contribution in [0.25, 0.3) is 0 Å². The Kier molecular flexibility index (Phi) is 12.7. The van der Waals surface area contributed by atoms with Crippen molar-refractivity contribution in [1.82, 2.24) is 16.0 Å². The standard InChI is InChI=1S/C23H34N4O8S/c1-12(2)9-17(23(34)35)26-21(32)16(7-8-19(29)30)25-22(33)18(11-36)27-20(31)15(24)10-13-3-5-14(28)6-4-13/h3-6,12,15-18,28,36H,7-11,24H2,1-2H3,(H,25,33)(H,26,32)(H,27,31)(H,29,30)(H,34,35). The number of phenolic OH excluding ortho intramolecular Hbond substituents is 1. The molecule has 0 aromatic heterocycles. The SMILES string of the molecule is CC(C)CC(NC(=O)C(CCC(=O)O)NC(=O)C(CS)NC(=O)C(N)Cc1ccc(O)cc1)C(=O)O. The van der Waals surface area contributed by atoms with E-state index in [1.165, 1.54) is 12.1 Å². The number of phenols is 1. The quantitative estimate of drug-likeness (QED) is 0.140. The molecule has 0 radical (unpaired) electrons. The molecule has 0 saturated heterocycles. The molecule has 1 aromatic rings. The zero-order valence-electron chi connectivity index (χ0n) is 20.1. The summed E-state index contributed by atoms with van der Waals surface area (Å²) in [7, 11) is 0. The number of carboxylic acid groups (broad SMARTS) is 2. The van der Waals surface area contributed by atoms with E-state index >= 15 is 0 Å². The van der Waals surface area contributed by atoms with Crippen LogP contribution in [0.2, 0.25) is 0 Å². The van der Waals surface area contributed by atoms with Crippen LogP contribution < -0.4 is 21.7 Å². The highest BCUT2D eigenvalue weighted by Gasteiger charge is 2.30. The highest BCUT2D eigenvalue weighted by atomic mass is 32.1. The summed E-state index contributed by atoms with van der Waals surface area (Å²) in [5, 5.41) is 34.9. The molecule has 0 heterocycles. The Hall–Kier alpha value is -3.32. The molecule has 12 nitrogen and oxygen atoms in total. The number of carbonyl (C=O) groups excluding carboxylic acids is 3. The van der Waals surface area contributed by atoms with Gasteiger partial charge in [0.1, 0.15) is 23.9 Å². The number of carboxylic acids is 2. The average Bonchev–Trinajstić information content (AvgIpc) is 2.80. The number of benzene rings is 1. The van der Waals surface area contributed by atoms with Crippen molar-refractivity contribution in [1.29, 1.82) is 0 Å². The maximum Gasteiger partial charge on any atom is 0.326 e. The second-order valence-corrected chi connectivity index (χ2v) is 9.11. The molecule has 0 aliphatic carbocycles. The van der Waals surface area contributed by atoms with E-state index in [1.54, 1.807) is 26.0 Å². The summed E-state index contributed by atoms with van der Waals surface area (Å²) in [4.78, 5) is 60.6. The van der Waals surface area contributed by atoms with Crippen LogP contribution in [0.4, 0.5) is 0 Å². The van der Waals surface area contributed by atoms with Gasteiger partial charge in [0.2, 0.25) is 17.7 Å². The Morgan fingerprint density at radius 2 is 1.42 bits per heavy atom. The second-order valence-electron chi connectivity index (χ2n) is 8.74. The maximum atomic E-state index is 12.8. The topological polar surface area (TPSA) is 208 Å². The molecule has 0 saturated carbocycles. The molecule has 1 aromatic carbocycles. The highest BCUT2D eigenvalue weighted by Crippen LogP contribution is 2.11. The maximum absolute atomic E-state index is 12.8. The third-order valence-corrected chi connectivity index (χ3v) is 5.51. The van der Waals surface area contributed by atoms with Gasteiger partial charge in [-0.05, 0) is 42.9 Å². The van der Waals surface area contributed by atoms with Crippen LogP contribution in [0.5, 0.6) is 5.75 Å². The minimum absolute atomic E-state index is 0.0481. The fourth-order valence-electron chi connectivity index (χ4n) is 3.23. The van der Waals surface area contributed by atoms with E-state index in [9.17, 15) is 34.2 Å². The summed E-state index contributed by atoms with van der Waals surface area (Å²) >= 11 is 4.07. The molecule has 4 unspecified atom stereocenters. The minimum Gasteiger partial charge on any atom is -0.508 e. The lowest BCUT2D eigenvalue weighted by atomic mass is 10.0. The average molecular weight is 527 g/mol. The Morgan fingerprint density at radius 1 is 0.889 bits per heavy atom. The largest absolute Gasteiger partial charge is 0.508 e. The second kappa shape index (κ2) is 14.9. The molecule has 0 aliphatic rings. The highest BCUT2D eigenvalue weighted by molar-refractivity contribution is 7.80. The van der Waals surface area contributed by atoms with Crippen molar-refractivity contribution in [2.24, 2.45) is 11.7 Å². The first-order valence-corrected chi connectivity index (χ1v) is 12.0. The number of nitrogens with one attached hydrogen (secondary N) is 3. The van der Waals surface area contributed by atoms with Crippen LogP contribution in [-0.4, -0.2) is 74.9 Å². The Bertz CT molecular complexity index is 925. The zero-order valence-corrected chi connectivity index (χ0v) is 21.0. The first-order valence-electron chi connectivity index (χ1n) is 11.3. The number of aromatic hydroxyl groups is 1. The van der Waals surface area contributed by atoms with Crippen LogP contribution >= 0.6 is 12.6 Å². The Balaban J connectivity index is 2.87. The van der Waals surface area contributed by atoms with Crippen molar-refractivity contribution in [3.05, 3.63) is 29.8 Å². The lowest BCUT2D eigenvalue weighted by molar-refractivity contribution is -0.143. The molecule has 3 amide bonds. The third-order valence-electron chi connectivity index (χ3n) is 5.15. The number of aliphatic carboxylic acids is 2. The molecule has 1 rings (SSSR count). The fourth-order valence-corrected chi connectivity index (χ4v) is 3.48. The lowest BCUT2D eigenvalue weighted by Gasteiger charge is -2.24. The number of nitrogens with two attached hydrogens (primary N) is 1. The monoisotopic (exact) mass is 526 g/mol. The summed E-state index contributed by atoms with van der Waals surface area (Å²) in [5.74, 6) is -4.94. The van der Waals surface area contributed by atoms with Crippen molar-refractivity contribution in [2.75, 3.05) is 5.75 Å². The van der Waals surface area contributed by atoms with E-state index in [-0.39, 0.29) is 36.7 Å². The van der Waals surface area contributed by atoms with Gasteiger partial charge in [0.15, 0.2) is 0 Å².